The van der Waals surface area contributed by atoms with Crippen LogP contribution in [-0.4, -0.2) is 32.7 Å². The molecule has 130 valence electrons. The van der Waals surface area contributed by atoms with Crippen LogP contribution in [0.5, 0.6) is 0 Å². The molecule has 0 spiro atoms. The summed E-state index contributed by atoms with van der Waals surface area (Å²) >= 11 is 5.85. The van der Waals surface area contributed by atoms with Crippen molar-refractivity contribution in [3.05, 3.63) is 52.3 Å². The van der Waals surface area contributed by atoms with E-state index < -0.39 is 6.04 Å². The average molecular weight is 360 g/mol. The van der Waals surface area contributed by atoms with Gasteiger partial charge in [0.15, 0.2) is 0 Å². The first-order valence-corrected chi connectivity index (χ1v) is 8.22. The second-order valence-electron chi connectivity index (χ2n) is 5.94. The number of aryl methyl sites for hydroxylation is 2. The lowest BCUT2D eigenvalue weighted by Crippen LogP contribution is -2.41. The van der Waals surface area contributed by atoms with Crippen LogP contribution in [0, 0.1) is 13.8 Å². The van der Waals surface area contributed by atoms with E-state index in [-0.39, 0.29) is 24.8 Å². The predicted octanol–water partition coefficient (Wildman–Crippen LogP) is 1.99. The largest absolute Gasteiger partial charge is 0.289 e. The van der Waals surface area contributed by atoms with Gasteiger partial charge in [0.2, 0.25) is 17.8 Å². The van der Waals surface area contributed by atoms with Crippen molar-refractivity contribution in [3.8, 4) is 0 Å². The fourth-order valence-electron chi connectivity index (χ4n) is 2.67. The summed E-state index contributed by atoms with van der Waals surface area (Å²) in [5.41, 5.74) is 8.15. The molecule has 8 heteroatoms. The molecule has 2 heterocycles. The Hall–Kier alpha value is -2.51. The number of rotatable bonds is 5. The molecular weight excluding hydrogens is 342 g/mol. The Balaban J connectivity index is 1.63. The summed E-state index contributed by atoms with van der Waals surface area (Å²) in [6.07, 6.45) is 0.0875. The summed E-state index contributed by atoms with van der Waals surface area (Å²) in [4.78, 5) is 34.3. The monoisotopic (exact) mass is 359 g/mol. The summed E-state index contributed by atoms with van der Waals surface area (Å²) < 4.78 is 0. The number of nitrogens with zero attached hydrogens (tertiary/aromatic N) is 3. The Bertz CT molecular complexity index is 789. The van der Waals surface area contributed by atoms with Crippen LogP contribution >= 0.6 is 11.6 Å². The van der Waals surface area contributed by atoms with Gasteiger partial charge in [0.05, 0.1) is 13.0 Å². The maximum atomic E-state index is 12.5. The Morgan fingerprint density at radius 3 is 2.44 bits per heavy atom. The number of carbonyl (C=O) groups is 2. The molecule has 1 saturated heterocycles. The number of anilines is 1. The highest BCUT2D eigenvalue weighted by Gasteiger charge is 2.38. The van der Waals surface area contributed by atoms with Gasteiger partial charge in [-0.25, -0.2) is 15.4 Å². The molecule has 3 rings (SSSR count). The molecule has 0 radical (unpaired) electrons. The number of benzene rings is 1. The van der Waals surface area contributed by atoms with Crippen LogP contribution in [0.25, 0.3) is 0 Å². The molecule has 0 saturated carbocycles. The lowest BCUT2D eigenvalue weighted by atomic mass is 10.2. The van der Waals surface area contributed by atoms with Gasteiger partial charge >= 0.3 is 0 Å². The number of imide groups is 1. The zero-order valence-corrected chi connectivity index (χ0v) is 14.7. The first kappa shape index (κ1) is 17.3. The highest BCUT2D eigenvalue weighted by Crippen LogP contribution is 2.18. The molecule has 2 amide bonds. The minimum absolute atomic E-state index is 0.0875. The van der Waals surface area contributed by atoms with E-state index in [9.17, 15) is 9.59 Å². The predicted molar refractivity (Wildman–Crippen MR) is 93.7 cm³/mol. The third-order valence-corrected chi connectivity index (χ3v) is 4.09. The molecule has 0 bridgehead atoms. The molecular formula is C17H18ClN5O2. The van der Waals surface area contributed by atoms with Gasteiger partial charge in [-0.15, -0.1) is 0 Å². The van der Waals surface area contributed by atoms with Crippen molar-refractivity contribution in [2.24, 2.45) is 0 Å². The number of hydrogen-bond acceptors (Lipinski definition) is 6. The molecule has 1 fully saturated rings. The van der Waals surface area contributed by atoms with Gasteiger partial charge in [0.1, 0.15) is 6.04 Å². The van der Waals surface area contributed by atoms with Crippen molar-refractivity contribution >= 4 is 29.4 Å². The van der Waals surface area contributed by atoms with Crippen LogP contribution in [0.15, 0.2) is 30.3 Å². The van der Waals surface area contributed by atoms with Crippen molar-refractivity contribution in [2.75, 3.05) is 5.43 Å². The minimum atomic E-state index is -0.649. The SMILES string of the molecule is Cc1cc(C)nc(NN[C@@H]2CC(=O)N(Cc3ccc(Cl)cc3)C2=O)n1. The second-order valence-corrected chi connectivity index (χ2v) is 6.38. The lowest BCUT2D eigenvalue weighted by molar-refractivity contribution is -0.139. The number of halogens is 1. The van der Waals surface area contributed by atoms with E-state index in [1.165, 1.54) is 4.90 Å². The van der Waals surface area contributed by atoms with Gasteiger partial charge in [-0.3, -0.25) is 19.9 Å². The van der Waals surface area contributed by atoms with Crippen molar-refractivity contribution in [3.63, 3.8) is 0 Å². The lowest BCUT2D eigenvalue weighted by Gasteiger charge is -2.16. The highest BCUT2D eigenvalue weighted by molar-refractivity contribution is 6.30. The molecule has 25 heavy (non-hydrogen) atoms. The zero-order chi connectivity index (χ0) is 18.0. The molecule has 0 aliphatic carbocycles. The molecule has 0 unspecified atom stereocenters. The van der Waals surface area contributed by atoms with Gasteiger partial charge in [-0.2, -0.15) is 0 Å². The van der Waals surface area contributed by atoms with Crippen molar-refractivity contribution in [1.82, 2.24) is 20.3 Å². The van der Waals surface area contributed by atoms with E-state index in [1.54, 1.807) is 24.3 Å². The van der Waals surface area contributed by atoms with E-state index in [1.807, 2.05) is 19.9 Å². The van der Waals surface area contributed by atoms with Crippen LogP contribution in [-0.2, 0) is 16.1 Å². The number of nitrogens with one attached hydrogen (secondary N) is 2. The molecule has 1 aliphatic heterocycles. The summed E-state index contributed by atoms with van der Waals surface area (Å²) in [7, 11) is 0. The van der Waals surface area contributed by atoms with Crippen LogP contribution in [0.4, 0.5) is 5.95 Å². The van der Waals surface area contributed by atoms with Crippen LogP contribution in [0.2, 0.25) is 5.02 Å². The van der Waals surface area contributed by atoms with Crippen molar-refractivity contribution in [2.45, 2.75) is 32.9 Å². The number of carbonyl (C=O) groups excluding carboxylic acids is 2. The van der Waals surface area contributed by atoms with E-state index >= 15 is 0 Å². The van der Waals surface area contributed by atoms with Gasteiger partial charge < -0.3 is 0 Å². The fraction of sp³-hybridized carbons (Fsp3) is 0.294. The molecule has 1 aromatic carbocycles. The Morgan fingerprint density at radius 2 is 1.80 bits per heavy atom. The number of hydrazine groups is 1. The summed E-state index contributed by atoms with van der Waals surface area (Å²) in [6, 6.07) is 8.26. The van der Waals surface area contributed by atoms with E-state index in [0.29, 0.717) is 11.0 Å². The number of amides is 2. The quantitative estimate of drug-likeness (QED) is 0.627. The van der Waals surface area contributed by atoms with Crippen molar-refractivity contribution < 1.29 is 9.59 Å². The second kappa shape index (κ2) is 7.16. The van der Waals surface area contributed by atoms with Crippen LogP contribution in [0.3, 0.4) is 0 Å². The Morgan fingerprint density at radius 1 is 1.16 bits per heavy atom. The topological polar surface area (TPSA) is 87.2 Å². The molecule has 2 aromatic rings. The van der Waals surface area contributed by atoms with Gasteiger partial charge in [0, 0.05) is 16.4 Å². The van der Waals surface area contributed by atoms with Gasteiger partial charge in [0.25, 0.3) is 0 Å². The Kier molecular flexibility index (Phi) is 4.96. The van der Waals surface area contributed by atoms with E-state index in [0.717, 1.165) is 17.0 Å². The maximum absolute atomic E-state index is 12.5. The van der Waals surface area contributed by atoms with Crippen molar-refractivity contribution in [1.29, 1.82) is 0 Å². The average Bonchev–Trinajstić information content (AvgIpc) is 2.81. The number of hydrogen-bond donors (Lipinski definition) is 2. The fourth-order valence-corrected chi connectivity index (χ4v) is 2.79. The smallest absolute Gasteiger partial charge is 0.248 e. The number of likely N-dealkylation sites (tertiary alicyclic amines) is 1. The summed E-state index contributed by atoms with van der Waals surface area (Å²) in [5, 5.41) is 0.611. The Labute approximate surface area is 150 Å². The molecule has 7 nitrogen and oxygen atoms in total. The summed E-state index contributed by atoms with van der Waals surface area (Å²) in [5.74, 6) is -0.133. The standard InChI is InChI=1S/C17H18ClN5O2/c1-10-7-11(2)20-17(19-10)22-21-14-8-15(24)23(16(14)25)9-12-3-5-13(18)6-4-12/h3-7,14,21H,8-9H2,1-2H3,(H,19,20,22)/t14-/m1/s1. The first-order chi connectivity index (χ1) is 11.9. The molecule has 1 aromatic heterocycles. The zero-order valence-electron chi connectivity index (χ0n) is 13.9. The third kappa shape index (κ3) is 4.12. The van der Waals surface area contributed by atoms with Gasteiger partial charge in [-0.1, -0.05) is 23.7 Å². The molecule has 1 aliphatic rings. The normalized spacial score (nSPS) is 17.2. The van der Waals surface area contributed by atoms with Gasteiger partial charge in [-0.05, 0) is 37.6 Å². The minimum Gasteiger partial charge on any atom is -0.289 e. The number of aromatic nitrogens is 2. The molecule has 1 atom stereocenters. The van der Waals surface area contributed by atoms with E-state index in [4.69, 9.17) is 11.6 Å². The maximum Gasteiger partial charge on any atom is 0.248 e. The third-order valence-electron chi connectivity index (χ3n) is 3.84. The van der Waals surface area contributed by atoms with E-state index in [2.05, 4.69) is 20.8 Å². The summed E-state index contributed by atoms with van der Waals surface area (Å²) in [6.45, 7) is 3.95. The van der Waals surface area contributed by atoms with Crippen LogP contribution < -0.4 is 10.9 Å². The first-order valence-electron chi connectivity index (χ1n) is 7.85. The van der Waals surface area contributed by atoms with Crippen LogP contribution in [0.1, 0.15) is 23.4 Å². The molecule has 2 N–H and O–H groups in total. The highest BCUT2D eigenvalue weighted by atomic mass is 35.5.